The molecule has 2 heterocycles. The van der Waals surface area contributed by atoms with E-state index in [0.29, 0.717) is 21.8 Å². The summed E-state index contributed by atoms with van der Waals surface area (Å²) in [5.41, 5.74) is 5.50. The SMILES string of the molecule is CC(C)n1cc([C@@H](Nc2cc(Cl)c3ncc(C#N)c(N[C@H](C)c4ccccc4)c3c2)c2ccccc2)nn1. The van der Waals surface area contributed by atoms with Crippen molar-refractivity contribution < 1.29 is 0 Å². The molecule has 0 amide bonds. The highest BCUT2D eigenvalue weighted by Crippen LogP contribution is 2.36. The van der Waals surface area contributed by atoms with Crippen molar-refractivity contribution in [2.75, 3.05) is 10.6 Å². The first-order valence-electron chi connectivity index (χ1n) is 12.5. The maximum atomic E-state index is 9.89. The molecule has 0 aliphatic rings. The van der Waals surface area contributed by atoms with E-state index in [0.717, 1.165) is 27.9 Å². The quantitative estimate of drug-likeness (QED) is 0.222. The molecule has 0 fully saturated rings. The third kappa shape index (κ3) is 5.17. The van der Waals surface area contributed by atoms with Gasteiger partial charge in [-0.05, 0) is 44.0 Å². The van der Waals surface area contributed by atoms with Gasteiger partial charge in [0, 0.05) is 29.4 Å². The third-order valence-corrected chi connectivity index (χ3v) is 6.79. The number of fused-ring (bicyclic) bond motifs is 1. The number of anilines is 2. The summed E-state index contributed by atoms with van der Waals surface area (Å²) in [6.07, 6.45) is 3.53. The zero-order valence-electron chi connectivity index (χ0n) is 21.4. The molecule has 2 atom stereocenters. The van der Waals surface area contributed by atoms with Gasteiger partial charge in [0.2, 0.25) is 0 Å². The van der Waals surface area contributed by atoms with Crippen LogP contribution >= 0.6 is 11.6 Å². The van der Waals surface area contributed by atoms with Crippen LogP contribution in [0, 0.1) is 11.3 Å². The molecule has 190 valence electrons. The Morgan fingerprint density at radius 2 is 1.61 bits per heavy atom. The van der Waals surface area contributed by atoms with E-state index in [1.165, 1.54) is 0 Å². The van der Waals surface area contributed by atoms with Crippen molar-refractivity contribution in [2.24, 2.45) is 0 Å². The molecule has 8 heteroatoms. The van der Waals surface area contributed by atoms with E-state index in [1.54, 1.807) is 6.20 Å². The van der Waals surface area contributed by atoms with Gasteiger partial charge in [0.15, 0.2) is 0 Å². The summed E-state index contributed by atoms with van der Waals surface area (Å²) in [6.45, 7) is 6.20. The highest BCUT2D eigenvalue weighted by Gasteiger charge is 2.21. The van der Waals surface area contributed by atoms with E-state index in [4.69, 9.17) is 11.6 Å². The molecule has 0 radical (unpaired) electrons. The van der Waals surface area contributed by atoms with Gasteiger partial charge < -0.3 is 10.6 Å². The fourth-order valence-corrected chi connectivity index (χ4v) is 4.71. The topological polar surface area (TPSA) is 91.5 Å². The minimum Gasteiger partial charge on any atom is -0.377 e. The molecule has 0 saturated carbocycles. The molecule has 5 rings (SSSR count). The lowest BCUT2D eigenvalue weighted by molar-refractivity contribution is 0.514. The van der Waals surface area contributed by atoms with E-state index in [-0.39, 0.29) is 18.1 Å². The van der Waals surface area contributed by atoms with Crippen LogP contribution in [0.15, 0.2) is 85.2 Å². The first-order valence-corrected chi connectivity index (χ1v) is 12.9. The second-order valence-electron chi connectivity index (χ2n) is 9.49. The molecule has 5 aromatic rings. The van der Waals surface area contributed by atoms with E-state index in [9.17, 15) is 5.26 Å². The number of aromatic nitrogens is 4. The second kappa shape index (κ2) is 10.9. The molecule has 2 aromatic heterocycles. The number of nitrogens with zero attached hydrogens (tertiary/aromatic N) is 5. The van der Waals surface area contributed by atoms with Gasteiger partial charge in [-0.25, -0.2) is 4.68 Å². The monoisotopic (exact) mass is 521 g/mol. The van der Waals surface area contributed by atoms with Gasteiger partial charge >= 0.3 is 0 Å². The lowest BCUT2D eigenvalue weighted by Crippen LogP contribution is -2.13. The summed E-state index contributed by atoms with van der Waals surface area (Å²) < 4.78 is 1.84. The average Bonchev–Trinajstić information content (AvgIpc) is 3.43. The van der Waals surface area contributed by atoms with Crippen molar-refractivity contribution in [1.82, 2.24) is 20.0 Å². The second-order valence-corrected chi connectivity index (χ2v) is 9.90. The summed E-state index contributed by atoms with van der Waals surface area (Å²) >= 11 is 6.76. The predicted octanol–water partition coefficient (Wildman–Crippen LogP) is 7.31. The van der Waals surface area contributed by atoms with Gasteiger partial charge in [0.05, 0.1) is 34.0 Å². The van der Waals surface area contributed by atoms with Gasteiger partial charge in [0.1, 0.15) is 11.8 Å². The standard InChI is InChI=1S/C30H28ClN7/c1-19(2)38-18-27(36-37-38)29(22-12-8-5-9-13-22)35-24-14-25-28(34-20(3)21-10-6-4-7-11-21)23(16-32)17-33-30(25)26(31)15-24/h4-15,17-20,29,35H,1-3H3,(H,33,34)/t20-,29+/m1/s1. The lowest BCUT2D eigenvalue weighted by atomic mass is 10.0. The van der Waals surface area contributed by atoms with Crippen LogP contribution in [0.1, 0.15) is 61.3 Å². The fraction of sp³-hybridized carbons (Fsp3) is 0.200. The van der Waals surface area contributed by atoms with Crippen molar-refractivity contribution in [3.8, 4) is 6.07 Å². The summed E-state index contributed by atoms with van der Waals surface area (Å²) in [7, 11) is 0. The Morgan fingerprint density at radius 3 is 2.24 bits per heavy atom. The van der Waals surface area contributed by atoms with Crippen LogP contribution in [0.2, 0.25) is 5.02 Å². The minimum absolute atomic E-state index is 0.0348. The lowest BCUT2D eigenvalue weighted by Gasteiger charge is -2.21. The molecule has 2 N–H and O–H groups in total. The van der Waals surface area contributed by atoms with Crippen LogP contribution in [0.4, 0.5) is 11.4 Å². The normalized spacial score (nSPS) is 12.7. The summed E-state index contributed by atoms with van der Waals surface area (Å²) in [5, 5.41) is 27.1. The van der Waals surface area contributed by atoms with Gasteiger partial charge in [-0.2, -0.15) is 5.26 Å². The minimum atomic E-state index is -0.260. The Balaban J connectivity index is 1.58. The van der Waals surface area contributed by atoms with Crippen molar-refractivity contribution >= 4 is 33.9 Å². The summed E-state index contributed by atoms with van der Waals surface area (Å²) in [5.74, 6) is 0. The van der Waals surface area contributed by atoms with Crippen LogP contribution in [-0.2, 0) is 0 Å². The molecule has 0 aliphatic carbocycles. The molecule has 0 spiro atoms. The average molecular weight is 522 g/mol. The molecule has 38 heavy (non-hydrogen) atoms. The van der Waals surface area contributed by atoms with Crippen molar-refractivity contribution in [1.29, 1.82) is 5.26 Å². The molecule has 0 saturated heterocycles. The Morgan fingerprint density at radius 1 is 0.921 bits per heavy atom. The van der Waals surface area contributed by atoms with E-state index in [1.807, 2.05) is 59.4 Å². The van der Waals surface area contributed by atoms with Crippen LogP contribution in [0.3, 0.4) is 0 Å². The maximum Gasteiger partial charge on any atom is 0.109 e. The number of hydrogen-bond donors (Lipinski definition) is 2. The molecule has 7 nitrogen and oxygen atoms in total. The highest BCUT2D eigenvalue weighted by atomic mass is 35.5. The zero-order valence-corrected chi connectivity index (χ0v) is 22.2. The summed E-state index contributed by atoms with van der Waals surface area (Å²) in [4.78, 5) is 4.50. The number of benzene rings is 3. The van der Waals surface area contributed by atoms with Crippen molar-refractivity contribution in [2.45, 2.75) is 38.9 Å². The Hall–Kier alpha value is -4.41. The third-order valence-electron chi connectivity index (χ3n) is 6.50. The highest BCUT2D eigenvalue weighted by molar-refractivity contribution is 6.35. The molecule has 0 unspecified atom stereocenters. The number of halogens is 1. The van der Waals surface area contributed by atoms with E-state index < -0.39 is 0 Å². The first kappa shape index (κ1) is 25.2. The molecular formula is C30H28ClN7. The van der Waals surface area contributed by atoms with Crippen LogP contribution < -0.4 is 10.6 Å². The predicted molar refractivity (Wildman–Crippen MR) is 152 cm³/mol. The Kier molecular flexibility index (Phi) is 7.25. The Bertz CT molecular complexity index is 1590. The number of pyridine rings is 1. The smallest absolute Gasteiger partial charge is 0.109 e. The number of hydrogen-bond acceptors (Lipinski definition) is 6. The fourth-order valence-electron chi connectivity index (χ4n) is 4.44. The van der Waals surface area contributed by atoms with Gasteiger partial charge in [-0.1, -0.05) is 77.5 Å². The number of nitrogens with one attached hydrogen (secondary N) is 2. The van der Waals surface area contributed by atoms with Crippen molar-refractivity contribution in [3.63, 3.8) is 0 Å². The largest absolute Gasteiger partial charge is 0.377 e. The molecule has 0 aliphatic heterocycles. The van der Waals surface area contributed by atoms with E-state index in [2.05, 4.69) is 77.0 Å². The van der Waals surface area contributed by atoms with Crippen LogP contribution in [-0.4, -0.2) is 20.0 Å². The summed E-state index contributed by atoms with van der Waals surface area (Å²) in [6, 6.07) is 26.2. The van der Waals surface area contributed by atoms with Crippen LogP contribution in [0.25, 0.3) is 10.9 Å². The van der Waals surface area contributed by atoms with Crippen LogP contribution in [0.5, 0.6) is 0 Å². The zero-order chi connectivity index (χ0) is 26.6. The Labute approximate surface area is 227 Å². The van der Waals surface area contributed by atoms with E-state index >= 15 is 0 Å². The van der Waals surface area contributed by atoms with Gasteiger partial charge in [-0.15, -0.1) is 5.10 Å². The maximum absolute atomic E-state index is 9.89. The molecule has 0 bridgehead atoms. The molecule has 3 aromatic carbocycles. The molecular weight excluding hydrogens is 494 g/mol. The number of rotatable bonds is 8. The number of nitriles is 1. The van der Waals surface area contributed by atoms with Gasteiger partial charge in [0.25, 0.3) is 0 Å². The first-order chi connectivity index (χ1) is 18.4. The van der Waals surface area contributed by atoms with Crippen molar-refractivity contribution in [3.05, 3.63) is 113 Å². The van der Waals surface area contributed by atoms with Gasteiger partial charge in [-0.3, -0.25) is 4.98 Å².